The Morgan fingerprint density at radius 1 is 1.03 bits per heavy atom. The largest absolute Gasteiger partial charge is 0.399 e. The van der Waals surface area contributed by atoms with E-state index < -0.39 is 18.0 Å². The number of halogens is 7. The van der Waals surface area contributed by atoms with Crippen LogP contribution in [0.5, 0.6) is 0 Å². The van der Waals surface area contributed by atoms with Gasteiger partial charge in [-0.2, -0.15) is 13.2 Å². The molecule has 0 saturated carbocycles. The van der Waals surface area contributed by atoms with E-state index in [0.29, 0.717) is 22.1 Å². The number of allylic oxidation sites excluding steroid dienone is 1. The number of amides is 3. The summed E-state index contributed by atoms with van der Waals surface area (Å²) in [6, 6.07) is 6.43. The maximum atomic E-state index is 13.7. The van der Waals surface area contributed by atoms with Crippen LogP contribution in [0, 0.1) is 0 Å². The lowest BCUT2D eigenvalue weighted by Crippen LogP contribution is -2.40. The Morgan fingerprint density at radius 3 is 2.21 bits per heavy atom. The van der Waals surface area contributed by atoms with Gasteiger partial charge in [-0.15, -0.1) is 0 Å². The first-order chi connectivity index (χ1) is 15.9. The third-order valence-electron chi connectivity index (χ3n) is 4.47. The number of carbonyl (C=O) groups excluding carboxylic acids is 2. The fourth-order valence-electron chi connectivity index (χ4n) is 2.86. The van der Waals surface area contributed by atoms with Crippen LogP contribution >= 0.6 is 50.7 Å². The molecule has 0 saturated heterocycles. The summed E-state index contributed by atoms with van der Waals surface area (Å²) in [5.74, 6) is -2.38. The maximum Gasteiger partial charge on any atom is 0.399 e. The topological polar surface area (TPSA) is 70.2 Å². The summed E-state index contributed by atoms with van der Waals surface area (Å²) in [7, 11) is 0. The van der Waals surface area contributed by atoms with Gasteiger partial charge < -0.3 is 16.0 Å². The van der Waals surface area contributed by atoms with E-state index in [-0.39, 0.29) is 39.8 Å². The van der Waals surface area contributed by atoms with Gasteiger partial charge in [-0.3, -0.25) is 4.79 Å². The summed E-state index contributed by atoms with van der Waals surface area (Å²) in [6.45, 7) is 2.69. The molecule has 0 aromatic heterocycles. The monoisotopic (exact) mass is 599 g/mol. The van der Waals surface area contributed by atoms with Gasteiger partial charge in [0.15, 0.2) is 0 Å². The van der Waals surface area contributed by atoms with E-state index in [1.54, 1.807) is 6.92 Å². The SMILES string of the molecule is CCNC(=O)NCCNC(=O)c1ccc(C=CC(c2cc(Cl)c(Cl)c(Cl)c2)C(F)(F)F)cc1Br. The van der Waals surface area contributed by atoms with Crippen molar-refractivity contribution in [3.63, 3.8) is 0 Å². The highest BCUT2D eigenvalue weighted by Gasteiger charge is 2.39. The molecule has 0 fully saturated rings. The zero-order chi connectivity index (χ0) is 25.5. The lowest BCUT2D eigenvalue weighted by atomic mass is 9.97. The number of alkyl halides is 3. The molecule has 184 valence electrons. The van der Waals surface area contributed by atoms with Crippen LogP contribution in [-0.4, -0.2) is 37.7 Å². The Kier molecular flexibility index (Phi) is 10.5. The summed E-state index contributed by atoms with van der Waals surface area (Å²) in [6.07, 6.45) is -2.34. The second-order valence-electron chi connectivity index (χ2n) is 6.96. The fourth-order valence-corrected chi connectivity index (χ4v) is 4.05. The first-order valence-electron chi connectivity index (χ1n) is 9.92. The summed E-state index contributed by atoms with van der Waals surface area (Å²) in [5.41, 5.74) is 0.569. The molecule has 0 aliphatic heterocycles. The second-order valence-corrected chi connectivity index (χ2v) is 9.01. The quantitative estimate of drug-likeness (QED) is 0.230. The number of benzene rings is 2. The maximum absolute atomic E-state index is 13.7. The molecule has 2 aromatic carbocycles. The first-order valence-corrected chi connectivity index (χ1v) is 11.9. The van der Waals surface area contributed by atoms with Crippen LogP contribution in [0.4, 0.5) is 18.0 Å². The number of urea groups is 1. The van der Waals surface area contributed by atoms with E-state index in [0.717, 1.165) is 18.2 Å². The highest BCUT2D eigenvalue weighted by Crippen LogP contribution is 2.41. The molecule has 5 nitrogen and oxygen atoms in total. The predicted molar refractivity (Wildman–Crippen MR) is 133 cm³/mol. The van der Waals surface area contributed by atoms with Gasteiger partial charge in [0.1, 0.15) is 0 Å². The highest BCUT2D eigenvalue weighted by molar-refractivity contribution is 9.10. The van der Waals surface area contributed by atoms with Crippen LogP contribution in [0.25, 0.3) is 6.08 Å². The predicted octanol–water partition coefficient (Wildman–Crippen LogP) is 6.82. The number of hydrogen-bond donors (Lipinski definition) is 3. The summed E-state index contributed by atoms with van der Waals surface area (Å²) in [5, 5.41) is 7.61. The minimum absolute atomic E-state index is 0.0187. The van der Waals surface area contributed by atoms with E-state index in [4.69, 9.17) is 34.8 Å². The second kappa shape index (κ2) is 12.7. The minimum atomic E-state index is -4.60. The van der Waals surface area contributed by atoms with Gasteiger partial charge in [0.2, 0.25) is 0 Å². The molecule has 34 heavy (non-hydrogen) atoms. The number of hydrogen-bond acceptors (Lipinski definition) is 2. The molecular formula is C22H20BrCl3F3N3O2. The van der Waals surface area contributed by atoms with Crippen molar-refractivity contribution >= 4 is 68.7 Å². The van der Waals surface area contributed by atoms with Gasteiger partial charge in [0.05, 0.1) is 26.5 Å². The molecule has 0 radical (unpaired) electrons. The van der Waals surface area contributed by atoms with Crippen LogP contribution in [0.1, 0.15) is 34.3 Å². The van der Waals surface area contributed by atoms with Crippen LogP contribution in [-0.2, 0) is 0 Å². The van der Waals surface area contributed by atoms with Gasteiger partial charge in [0, 0.05) is 24.1 Å². The first kappa shape index (κ1) is 28.3. The molecule has 12 heteroatoms. The van der Waals surface area contributed by atoms with E-state index in [2.05, 4.69) is 31.9 Å². The molecule has 0 aliphatic rings. The van der Waals surface area contributed by atoms with Crippen molar-refractivity contribution in [3.8, 4) is 0 Å². The van der Waals surface area contributed by atoms with Gasteiger partial charge in [-0.1, -0.05) is 53.0 Å². The molecule has 1 atom stereocenters. The smallest absolute Gasteiger partial charge is 0.350 e. The Hall–Kier alpha value is -1.94. The van der Waals surface area contributed by atoms with Gasteiger partial charge in [-0.05, 0) is 58.2 Å². The Bertz CT molecular complexity index is 1060. The lowest BCUT2D eigenvalue weighted by molar-refractivity contribution is -0.139. The highest BCUT2D eigenvalue weighted by atomic mass is 79.9. The van der Waals surface area contributed by atoms with Gasteiger partial charge in [-0.25, -0.2) is 4.79 Å². The van der Waals surface area contributed by atoms with Crippen molar-refractivity contribution in [3.05, 3.63) is 72.6 Å². The van der Waals surface area contributed by atoms with E-state index >= 15 is 0 Å². The normalized spacial score (nSPS) is 12.5. The molecular weight excluding hydrogens is 582 g/mol. The van der Waals surface area contributed by atoms with Gasteiger partial charge >= 0.3 is 12.2 Å². The van der Waals surface area contributed by atoms with Crippen LogP contribution in [0.3, 0.4) is 0 Å². The molecule has 2 aromatic rings. The molecule has 0 heterocycles. The van der Waals surface area contributed by atoms with E-state index in [9.17, 15) is 22.8 Å². The molecule has 0 spiro atoms. The van der Waals surface area contributed by atoms with Crippen LogP contribution < -0.4 is 16.0 Å². The van der Waals surface area contributed by atoms with E-state index in [1.807, 2.05) is 0 Å². The molecule has 0 aliphatic carbocycles. The number of rotatable bonds is 8. The Labute approximate surface area is 218 Å². The van der Waals surface area contributed by atoms with Crippen molar-refractivity contribution in [2.75, 3.05) is 19.6 Å². The average molecular weight is 602 g/mol. The molecule has 3 amide bonds. The molecule has 1 unspecified atom stereocenters. The zero-order valence-electron chi connectivity index (χ0n) is 17.7. The third-order valence-corrected chi connectivity index (χ3v) is 6.32. The summed E-state index contributed by atoms with van der Waals surface area (Å²) >= 11 is 20.9. The Morgan fingerprint density at radius 2 is 1.65 bits per heavy atom. The lowest BCUT2D eigenvalue weighted by Gasteiger charge is -2.18. The molecule has 3 N–H and O–H groups in total. The summed E-state index contributed by atoms with van der Waals surface area (Å²) < 4.78 is 41.5. The van der Waals surface area contributed by atoms with Crippen LogP contribution in [0.15, 0.2) is 40.9 Å². The summed E-state index contributed by atoms with van der Waals surface area (Å²) in [4.78, 5) is 23.7. The molecule has 0 bridgehead atoms. The van der Waals surface area contributed by atoms with E-state index in [1.165, 1.54) is 24.3 Å². The third kappa shape index (κ3) is 8.08. The van der Waals surface area contributed by atoms with Crippen molar-refractivity contribution < 1.29 is 22.8 Å². The van der Waals surface area contributed by atoms with Gasteiger partial charge in [0.25, 0.3) is 5.91 Å². The van der Waals surface area contributed by atoms with Crippen LogP contribution in [0.2, 0.25) is 15.1 Å². The van der Waals surface area contributed by atoms with Crippen molar-refractivity contribution in [1.29, 1.82) is 0 Å². The zero-order valence-corrected chi connectivity index (χ0v) is 21.6. The average Bonchev–Trinajstić information content (AvgIpc) is 2.74. The number of carbonyl (C=O) groups is 2. The Balaban J connectivity index is 2.12. The van der Waals surface area contributed by atoms with Crippen molar-refractivity contribution in [2.45, 2.75) is 19.0 Å². The van der Waals surface area contributed by atoms with Crippen molar-refractivity contribution in [2.24, 2.45) is 0 Å². The van der Waals surface area contributed by atoms with Crippen molar-refractivity contribution in [1.82, 2.24) is 16.0 Å². The number of nitrogens with one attached hydrogen (secondary N) is 3. The minimum Gasteiger partial charge on any atom is -0.350 e. The standard InChI is InChI=1S/C22H20BrCl3F3N3O2/c1-2-30-21(34)32-8-7-31-20(33)14-5-3-12(9-16(14)23)4-6-15(22(27,28)29)13-10-17(24)19(26)18(25)11-13/h3-6,9-11,15H,2,7-8H2,1H3,(H,31,33)(H2,30,32,34). The fraction of sp³-hybridized carbons (Fsp3) is 0.273. The molecule has 2 rings (SSSR count).